The zero-order chi connectivity index (χ0) is 23.8. The number of hydrogen-bond donors (Lipinski definition) is 2. The first-order valence-corrected chi connectivity index (χ1v) is 12.4. The summed E-state index contributed by atoms with van der Waals surface area (Å²) in [5.74, 6) is 0.273. The van der Waals surface area contributed by atoms with Gasteiger partial charge in [0.25, 0.3) is 5.56 Å². The number of rotatable bonds is 7. The van der Waals surface area contributed by atoms with Crippen LogP contribution >= 0.6 is 11.3 Å². The van der Waals surface area contributed by atoms with Gasteiger partial charge in [0, 0.05) is 54.4 Å². The molecule has 34 heavy (non-hydrogen) atoms. The van der Waals surface area contributed by atoms with E-state index in [1.54, 1.807) is 24.6 Å². The summed E-state index contributed by atoms with van der Waals surface area (Å²) in [7, 11) is 1.60. The molecule has 2 aliphatic rings. The first-order chi connectivity index (χ1) is 16.6. The highest BCUT2D eigenvalue weighted by Crippen LogP contribution is 2.50. The smallest absolute Gasteiger partial charge is 0.258 e. The van der Waals surface area contributed by atoms with Crippen molar-refractivity contribution >= 4 is 17.2 Å². The van der Waals surface area contributed by atoms with Crippen LogP contribution in [-0.2, 0) is 17.9 Å². The van der Waals surface area contributed by atoms with Crippen molar-refractivity contribution in [2.75, 3.05) is 20.3 Å². The fraction of sp³-hybridized carbons (Fsp3) is 0.400. The molecule has 4 atom stereocenters. The standard InChI is InChI=1S/C25H28N4O4S/c1-3-26-24(31)23-19(14-30)18-12-28-20(22(18)29(23)13-21-27-9-10-34-21)8-7-17(25(28)32)15-5-4-6-16(11-15)33-2/h4-11,18-19,22-23,30H,3,12-14H2,1-2H3,(H,26,31)/t18-,19-,22+,23-/m0/s1. The predicted octanol–water partition coefficient (Wildman–Crippen LogP) is 2.28. The summed E-state index contributed by atoms with van der Waals surface area (Å²) in [6, 6.07) is 10.7. The number of carbonyl (C=O) groups is 1. The number of aromatic nitrogens is 2. The van der Waals surface area contributed by atoms with Gasteiger partial charge in [0.1, 0.15) is 10.8 Å². The molecule has 0 spiro atoms. The molecule has 1 aromatic carbocycles. The molecule has 5 rings (SSSR count). The molecule has 1 saturated heterocycles. The third kappa shape index (κ3) is 3.73. The van der Waals surface area contributed by atoms with Crippen LogP contribution in [0.5, 0.6) is 5.75 Å². The topological polar surface area (TPSA) is 96.7 Å². The third-order valence-electron chi connectivity index (χ3n) is 6.99. The number of methoxy groups -OCH3 is 1. The quantitative estimate of drug-likeness (QED) is 0.539. The molecule has 0 unspecified atom stereocenters. The molecule has 0 aliphatic carbocycles. The van der Waals surface area contributed by atoms with Gasteiger partial charge in [-0.15, -0.1) is 11.3 Å². The Bertz CT molecular complexity index is 1240. The average molecular weight is 481 g/mol. The second kappa shape index (κ2) is 9.32. The first kappa shape index (κ1) is 22.8. The van der Waals surface area contributed by atoms with E-state index in [0.29, 0.717) is 30.9 Å². The summed E-state index contributed by atoms with van der Waals surface area (Å²) in [6.07, 6.45) is 1.76. The number of nitrogens with zero attached hydrogens (tertiary/aromatic N) is 3. The van der Waals surface area contributed by atoms with E-state index >= 15 is 0 Å². The van der Waals surface area contributed by atoms with Crippen molar-refractivity contribution in [2.45, 2.75) is 32.1 Å². The maximum absolute atomic E-state index is 13.6. The number of pyridine rings is 1. The van der Waals surface area contributed by atoms with E-state index in [2.05, 4.69) is 15.2 Å². The maximum atomic E-state index is 13.6. The molecule has 9 heteroatoms. The number of fused-ring (bicyclic) bond motifs is 3. The Labute approximate surface area is 201 Å². The fourth-order valence-electron chi connectivity index (χ4n) is 5.56. The van der Waals surface area contributed by atoms with E-state index in [0.717, 1.165) is 16.3 Å². The minimum absolute atomic E-state index is 0.0502. The molecule has 2 N–H and O–H groups in total. The maximum Gasteiger partial charge on any atom is 0.258 e. The first-order valence-electron chi connectivity index (χ1n) is 11.5. The summed E-state index contributed by atoms with van der Waals surface area (Å²) in [5, 5.41) is 16.1. The van der Waals surface area contributed by atoms with Crippen LogP contribution in [0.15, 0.2) is 52.8 Å². The van der Waals surface area contributed by atoms with E-state index < -0.39 is 6.04 Å². The van der Waals surface area contributed by atoms with Crippen LogP contribution in [0.25, 0.3) is 11.1 Å². The van der Waals surface area contributed by atoms with Gasteiger partial charge in [0.15, 0.2) is 0 Å². The lowest BCUT2D eigenvalue weighted by atomic mass is 9.88. The number of thiazole rings is 1. The largest absolute Gasteiger partial charge is 0.497 e. The van der Waals surface area contributed by atoms with E-state index in [-0.39, 0.29) is 36.0 Å². The van der Waals surface area contributed by atoms with Gasteiger partial charge in [0.2, 0.25) is 5.91 Å². The van der Waals surface area contributed by atoms with Crippen molar-refractivity contribution in [3.05, 3.63) is 69.0 Å². The van der Waals surface area contributed by atoms with Crippen LogP contribution in [0.3, 0.4) is 0 Å². The van der Waals surface area contributed by atoms with Gasteiger partial charge in [-0.3, -0.25) is 14.5 Å². The zero-order valence-corrected chi connectivity index (χ0v) is 20.0. The van der Waals surface area contributed by atoms with Crippen molar-refractivity contribution in [3.63, 3.8) is 0 Å². The average Bonchev–Trinajstić information content (AvgIpc) is 3.56. The van der Waals surface area contributed by atoms with Gasteiger partial charge in [-0.25, -0.2) is 4.98 Å². The van der Waals surface area contributed by atoms with Crippen LogP contribution in [0, 0.1) is 11.8 Å². The lowest BCUT2D eigenvalue weighted by Crippen LogP contribution is -2.48. The molecule has 0 bridgehead atoms. The summed E-state index contributed by atoms with van der Waals surface area (Å²) in [5.41, 5.74) is 2.22. The van der Waals surface area contributed by atoms with Gasteiger partial charge in [-0.05, 0) is 36.8 Å². The zero-order valence-electron chi connectivity index (χ0n) is 19.2. The number of likely N-dealkylation sites (tertiary alicyclic amines) is 1. The number of likely N-dealkylation sites (N-methyl/N-ethyl adjacent to an activating group) is 1. The molecule has 2 aromatic heterocycles. The van der Waals surface area contributed by atoms with Crippen LogP contribution in [-0.4, -0.2) is 51.8 Å². The van der Waals surface area contributed by atoms with E-state index in [4.69, 9.17) is 4.74 Å². The van der Waals surface area contributed by atoms with Crippen molar-refractivity contribution < 1.29 is 14.6 Å². The summed E-state index contributed by atoms with van der Waals surface area (Å²) in [4.78, 5) is 33.2. The Morgan fingerprint density at radius 2 is 2.18 bits per heavy atom. The van der Waals surface area contributed by atoms with E-state index in [9.17, 15) is 14.7 Å². The Hall–Kier alpha value is -3.01. The molecule has 0 saturated carbocycles. The number of aliphatic hydroxyl groups is 1. The van der Waals surface area contributed by atoms with Crippen molar-refractivity contribution in [1.82, 2.24) is 19.8 Å². The molecule has 1 fully saturated rings. The minimum Gasteiger partial charge on any atom is -0.497 e. The second-order valence-corrected chi connectivity index (χ2v) is 9.69. The van der Waals surface area contributed by atoms with Crippen molar-refractivity contribution in [2.24, 2.45) is 11.8 Å². The van der Waals surface area contributed by atoms with Gasteiger partial charge in [-0.2, -0.15) is 0 Å². The Kier molecular flexibility index (Phi) is 6.24. The van der Waals surface area contributed by atoms with E-state index in [1.165, 1.54) is 0 Å². The van der Waals surface area contributed by atoms with Gasteiger partial charge < -0.3 is 19.7 Å². The molecule has 8 nitrogen and oxygen atoms in total. The molecule has 4 heterocycles. The molecular weight excluding hydrogens is 452 g/mol. The number of carbonyl (C=O) groups excluding carboxylic acids is 1. The highest BCUT2D eigenvalue weighted by molar-refractivity contribution is 7.09. The van der Waals surface area contributed by atoms with Crippen molar-refractivity contribution in [3.8, 4) is 16.9 Å². The molecule has 3 aromatic rings. The van der Waals surface area contributed by atoms with Crippen LogP contribution < -0.4 is 15.6 Å². The number of benzene rings is 1. The molecular formula is C25H28N4O4S. The SMILES string of the molecule is CCNC(=O)[C@@H]1[C@@H](CO)[C@@H]2Cn3c(ccc(-c4cccc(OC)c4)c3=O)[C@@H]2N1Cc1nccs1. The number of aliphatic hydroxyl groups excluding tert-OH is 1. The minimum atomic E-state index is -0.481. The summed E-state index contributed by atoms with van der Waals surface area (Å²) in [6.45, 7) is 3.24. The Morgan fingerprint density at radius 1 is 1.32 bits per heavy atom. The monoisotopic (exact) mass is 480 g/mol. The van der Waals surface area contributed by atoms with E-state index in [1.807, 2.05) is 53.3 Å². The highest BCUT2D eigenvalue weighted by atomic mass is 32.1. The fourth-order valence-corrected chi connectivity index (χ4v) is 6.19. The van der Waals surface area contributed by atoms with Crippen molar-refractivity contribution in [1.29, 1.82) is 0 Å². The summed E-state index contributed by atoms with van der Waals surface area (Å²) >= 11 is 1.54. The number of amides is 1. The molecule has 2 aliphatic heterocycles. The molecule has 0 radical (unpaired) electrons. The summed E-state index contributed by atoms with van der Waals surface area (Å²) < 4.78 is 7.15. The predicted molar refractivity (Wildman–Crippen MR) is 130 cm³/mol. The Balaban J connectivity index is 1.58. The van der Waals surface area contributed by atoms with Gasteiger partial charge in [-0.1, -0.05) is 12.1 Å². The molecule has 1 amide bonds. The number of nitrogens with one attached hydrogen (secondary N) is 1. The lowest BCUT2D eigenvalue weighted by Gasteiger charge is -2.30. The van der Waals surface area contributed by atoms with Crippen LogP contribution in [0.2, 0.25) is 0 Å². The normalized spacial score (nSPS) is 23.5. The lowest BCUT2D eigenvalue weighted by molar-refractivity contribution is -0.127. The molecule has 178 valence electrons. The third-order valence-corrected chi connectivity index (χ3v) is 7.76. The highest BCUT2D eigenvalue weighted by Gasteiger charge is 2.55. The van der Waals surface area contributed by atoms with Crippen LogP contribution in [0.1, 0.15) is 23.7 Å². The number of hydrogen-bond acceptors (Lipinski definition) is 7. The van der Waals surface area contributed by atoms with Gasteiger partial charge in [0.05, 0.1) is 25.7 Å². The Morgan fingerprint density at radius 3 is 2.88 bits per heavy atom. The number of ether oxygens (including phenoxy) is 1. The van der Waals surface area contributed by atoms with Gasteiger partial charge >= 0.3 is 0 Å². The van der Waals surface area contributed by atoms with Crippen LogP contribution in [0.4, 0.5) is 0 Å². The second-order valence-electron chi connectivity index (χ2n) is 8.71.